The Hall–Kier alpha value is -6.23. The molecule has 7 aromatic carbocycles. The summed E-state index contributed by atoms with van der Waals surface area (Å²) in [6.45, 7) is 0. The Labute approximate surface area is 294 Å². The van der Waals surface area contributed by atoms with Crippen LogP contribution in [0, 0.1) is 0 Å². The van der Waals surface area contributed by atoms with E-state index in [9.17, 15) is 0 Å². The molecule has 0 saturated carbocycles. The standard InChI is InChI=1S/C46H29N3S/c1-4-14-29(15-5-1)32-20-10-22-34-35-23-12-26-38(41(35)28-40(32)34)45-47-44(31-18-8-3-9-19-31)48-46(49-45)39-27-13-25-37-36-24-11-21-33(42(36)50-43(37)39)30-16-6-2-7-17-30/h1-27H,28H2. The van der Waals surface area contributed by atoms with Gasteiger partial charge in [0.15, 0.2) is 17.5 Å². The number of hydrogen-bond donors (Lipinski definition) is 0. The lowest BCUT2D eigenvalue weighted by molar-refractivity contribution is 1.07. The highest BCUT2D eigenvalue weighted by atomic mass is 32.1. The van der Waals surface area contributed by atoms with E-state index in [1.807, 2.05) is 29.5 Å². The van der Waals surface area contributed by atoms with Crippen molar-refractivity contribution < 1.29 is 0 Å². The lowest BCUT2D eigenvalue weighted by Gasteiger charge is -2.12. The molecule has 4 heteroatoms. The normalized spacial score (nSPS) is 11.9. The van der Waals surface area contributed by atoms with Gasteiger partial charge < -0.3 is 0 Å². The fraction of sp³-hybridized carbons (Fsp3) is 0.0217. The highest BCUT2D eigenvalue weighted by Gasteiger charge is 2.26. The number of fused-ring (bicyclic) bond motifs is 6. The molecular weight excluding hydrogens is 627 g/mol. The topological polar surface area (TPSA) is 38.7 Å². The van der Waals surface area contributed by atoms with Crippen LogP contribution in [0.5, 0.6) is 0 Å². The van der Waals surface area contributed by atoms with E-state index in [-0.39, 0.29) is 0 Å². The summed E-state index contributed by atoms with van der Waals surface area (Å²) in [5, 5.41) is 2.46. The minimum atomic E-state index is 0.673. The van der Waals surface area contributed by atoms with Gasteiger partial charge in [-0.25, -0.2) is 15.0 Å². The van der Waals surface area contributed by atoms with Crippen molar-refractivity contribution in [3.8, 4) is 67.5 Å². The minimum absolute atomic E-state index is 0.673. The zero-order valence-electron chi connectivity index (χ0n) is 27.0. The van der Waals surface area contributed by atoms with Crippen molar-refractivity contribution in [3.05, 3.63) is 175 Å². The maximum absolute atomic E-state index is 5.31. The Balaban J connectivity index is 1.17. The van der Waals surface area contributed by atoms with E-state index < -0.39 is 0 Å². The van der Waals surface area contributed by atoms with Crippen molar-refractivity contribution >= 4 is 31.5 Å². The van der Waals surface area contributed by atoms with Crippen LogP contribution in [-0.2, 0) is 6.42 Å². The Morgan fingerprint density at radius 1 is 0.320 bits per heavy atom. The second kappa shape index (κ2) is 11.7. The lowest BCUT2D eigenvalue weighted by atomic mass is 9.96. The summed E-state index contributed by atoms with van der Waals surface area (Å²) in [6, 6.07) is 57.9. The van der Waals surface area contributed by atoms with E-state index in [2.05, 4.69) is 146 Å². The molecule has 1 aliphatic carbocycles. The third kappa shape index (κ3) is 4.68. The van der Waals surface area contributed by atoms with Crippen molar-refractivity contribution in [2.75, 3.05) is 0 Å². The van der Waals surface area contributed by atoms with Gasteiger partial charge in [-0.2, -0.15) is 0 Å². The minimum Gasteiger partial charge on any atom is -0.208 e. The Morgan fingerprint density at radius 2 is 0.740 bits per heavy atom. The number of rotatable bonds is 5. The van der Waals surface area contributed by atoms with Crippen LogP contribution in [0.25, 0.3) is 87.7 Å². The molecule has 0 fully saturated rings. The molecule has 9 aromatic rings. The fourth-order valence-corrected chi connectivity index (χ4v) is 8.85. The van der Waals surface area contributed by atoms with E-state index in [4.69, 9.17) is 15.0 Å². The van der Waals surface area contributed by atoms with Crippen LogP contribution in [0.15, 0.2) is 164 Å². The molecule has 10 rings (SSSR count). The highest BCUT2D eigenvalue weighted by molar-refractivity contribution is 7.26. The van der Waals surface area contributed by atoms with E-state index >= 15 is 0 Å². The van der Waals surface area contributed by atoms with Crippen LogP contribution < -0.4 is 0 Å². The summed E-state index contributed by atoms with van der Waals surface area (Å²) in [7, 11) is 0. The maximum atomic E-state index is 5.31. The van der Waals surface area contributed by atoms with E-state index in [0.717, 1.165) is 23.1 Å². The fourth-order valence-electron chi connectivity index (χ4n) is 7.51. The molecule has 234 valence electrons. The van der Waals surface area contributed by atoms with Gasteiger partial charge in [-0.15, -0.1) is 11.3 Å². The average molecular weight is 656 g/mol. The monoisotopic (exact) mass is 655 g/mol. The van der Waals surface area contributed by atoms with Crippen molar-refractivity contribution in [1.29, 1.82) is 0 Å². The second-order valence-electron chi connectivity index (χ2n) is 12.7. The summed E-state index contributed by atoms with van der Waals surface area (Å²) in [5.41, 5.74) is 13.1. The Morgan fingerprint density at radius 3 is 1.38 bits per heavy atom. The zero-order chi connectivity index (χ0) is 33.0. The van der Waals surface area contributed by atoms with Crippen LogP contribution in [0.2, 0.25) is 0 Å². The number of benzene rings is 7. The molecular formula is C46H29N3S. The molecule has 0 spiro atoms. The van der Waals surface area contributed by atoms with Gasteiger partial charge in [0.1, 0.15) is 0 Å². The van der Waals surface area contributed by atoms with Gasteiger partial charge in [0.25, 0.3) is 0 Å². The van der Waals surface area contributed by atoms with Gasteiger partial charge >= 0.3 is 0 Å². The van der Waals surface area contributed by atoms with Crippen molar-refractivity contribution in [1.82, 2.24) is 15.0 Å². The van der Waals surface area contributed by atoms with Crippen LogP contribution >= 0.6 is 11.3 Å². The Bertz CT molecular complexity index is 2720. The molecule has 50 heavy (non-hydrogen) atoms. The first-order valence-corrected chi connectivity index (χ1v) is 17.7. The first kappa shape index (κ1) is 28.8. The van der Waals surface area contributed by atoms with Crippen LogP contribution in [0.1, 0.15) is 11.1 Å². The summed E-state index contributed by atoms with van der Waals surface area (Å²) in [5.74, 6) is 2.06. The highest BCUT2D eigenvalue weighted by Crippen LogP contribution is 2.46. The molecule has 0 radical (unpaired) electrons. The quantitative estimate of drug-likeness (QED) is 0.185. The molecule has 3 nitrogen and oxygen atoms in total. The molecule has 0 N–H and O–H groups in total. The molecule has 0 atom stereocenters. The van der Waals surface area contributed by atoms with Crippen molar-refractivity contribution in [3.63, 3.8) is 0 Å². The van der Waals surface area contributed by atoms with Crippen molar-refractivity contribution in [2.45, 2.75) is 6.42 Å². The third-order valence-electron chi connectivity index (χ3n) is 9.84. The number of hydrogen-bond acceptors (Lipinski definition) is 4. The molecule has 2 heterocycles. The molecule has 0 saturated heterocycles. The molecule has 0 unspecified atom stereocenters. The Kier molecular flexibility index (Phi) is 6.74. The van der Waals surface area contributed by atoms with Crippen molar-refractivity contribution in [2.24, 2.45) is 0 Å². The summed E-state index contributed by atoms with van der Waals surface area (Å²) >= 11 is 1.82. The number of thiophene rings is 1. The van der Waals surface area contributed by atoms with Crippen LogP contribution in [0.3, 0.4) is 0 Å². The van der Waals surface area contributed by atoms with Gasteiger partial charge in [0.05, 0.1) is 0 Å². The summed E-state index contributed by atoms with van der Waals surface area (Å²) in [4.78, 5) is 15.7. The smallest absolute Gasteiger partial charge is 0.165 e. The maximum Gasteiger partial charge on any atom is 0.165 e. The molecule has 1 aliphatic rings. The van der Waals surface area contributed by atoms with E-state index in [0.29, 0.717) is 17.5 Å². The first-order chi connectivity index (χ1) is 24.8. The molecule has 2 aromatic heterocycles. The third-order valence-corrected chi connectivity index (χ3v) is 11.1. The summed E-state index contributed by atoms with van der Waals surface area (Å²) < 4.78 is 2.45. The number of aromatic nitrogens is 3. The largest absolute Gasteiger partial charge is 0.208 e. The van der Waals surface area contributed by atoms with E-state index in [1.165, 1.54) is 64.7 Å². The predicted octanol–water partition coefficient (Wildman–Crippen LogP) is 12.1. The first-order valence-electron chi connectivity index (χ1n) is 16.9. The van der Waals surface area contributed by atoms with Crippen LogP contribution in [0.4, 0.5) is 0 Å². The molecule has 0 aliphatic heterocycles. The van der Waals surface area contributed by atoms with Gasteiger partial charge in [-0.1, -0.05) is 158 Å². The molecule has 0 bridgehead atoms. The van der Waals surface area contributed by atoms with Gasteiger partial charge in [0, 0.05) is 43.3 Å². The molecule has 0 amide bonds. The average Bonchev–Trinajstić information content (AvgIpc) is 3.78. The number of nitrogens with zero attached hydrogens (tertiary/aromatic N) is 3. The zero-order valence-corrected chi connectivity index (χ0v) is 27.9. The van der Waals surface area contributed by atoms with Gasteiger partial charge in [-0.05, 0) is 50.6 Å². The predicted molar refractivity (Wildman–Crippen MR) is 208 cm³/mol. The summed E-state index contributed by atoms with van der Waals surface area (Å²) in [6.07, 6.45) is 0.821. The van der Waals surface area contributed by atoms with E-state index in [1.54, 1.807) is 0 Å². The van der Waals surface area contributed by atoms with Gasteiger partial charge in [0.2, 0.25) is 0 Å². The van der Waals surface area contributed by atoms with Crippen LogP contribution in [-0.4, -0.2) is 15.0 Å². The lowest BCUT2D eigenvalue weighted by Crippen LogP contribution is -2.02. The second-order valence-corrected chi connectivity index (χ2v) is 13.7. The SMILES string of the molecule is c1ccc(-c2nc(-c3cccc4c3Cc3c(-c5ccccc5)cccc3-4)nc(-c3cccc4c3sc3c(-c5ccccc5)cccc34)n2)cc1. The van der Waals surface area contributed by atoms with Gasteiger partial charge in [-0.3, -0.25) is 0 Å².